The smallest absolute Gasteiger partial charge is 0.339 e. The van der Waals surface area contributed by atoms with Crippen LogP contribution in [0.1, 0.15) is 17.3 Å². The van der Waals surface area contributed by atoms with E-state index < -0.39 is 23.8 Å². The van der Waals surface area contributed by atoms with Crippen molar-refractivity contribution < 1.29 is 24.6 Å². The summed E-state index contributed by atoms with van der Waals surface area (Å²) in [5.41, 5.74) is -0.324. The van der Waals surface area contributed by atoms with Crippen molar-refractivity contribution in [1.29, 1.82) is 0 Å². The number of nitrogens with zero attached hydrogens (tertiary/aromatic N) is 1. The lowest BCUT2D eigenvalue weighted by Gasteiger charge is -2.32. The number of amides is 3. The minimum absolute atomic E-state index is 0.0157. The third kappa shape index (κ3) is 2.88. The Morgan fingerprint density at radius 2 is 2.14 bits per heavy atom. The topological polar surface area (TPSA) is 119 Å². The van der Waals surface area contributed by atoms with Gasteiger partial charge in [0.15, 0.2) is 5.75 Å². The molecule has 4 N–H and O–H groups in total. The average molecular weight is 293 g/mol. The summed E-state index contributed by atoms with van der Waals surface area (Å²) in [4.78, 5) is 35.9. The summed E-state index contributed by atoms with van der Waals surface area (Å²) < 4.78 is 0. The molecule has 8 heteroatoms. The van der Waals surface area contributed by atoms with Crippen LogP contribution >= 0.6 is 0 Å². The second-order valence-corrected chi connectivity index (χ2v) is 4.60. The molecule has 0 aliphatic carbocycles. The van der Waals surface area contributed by atoms with Gasteiger partial charge in [0.1, 0.15) is 11.6 Å². The Morgan fingerprint density at radius 3 is 2.81 bits per heavy atom. The number of carboxylic acids is 1. The standard InChI is InChI=1S/C13H15N3O5/c1-7-11(18)14-5-6-16(7)13(21)15-9-4-2-3-8(10(9)17)12(19)20/h2-4,7,17H,5-6H2,1H3,(H,14,18)(H,15,21)(H,19,20). The molecule has 1 saturated heterocycles. The number of anilines is 1. The van der Waals surface area contributed by atoms with E-state index in [4.69, 9.17) is 5.11 Å². The number of hydrogen-bond donors (Lipinski definition) is 4. The highest BCUT2D eigenvalue weighted by Gasteiger charge is 2.29. The van der Waals surface area contributed by atoms with E-state index in [2.05, 4.69) is 10.6 Å². The van der Waals surface area contributed by atoms with Crippen molar-refractivity contribution in [3.05, 3.63) is 23.8 Å². The monoisotopic (exact) mass is 293 g/mol. The van der Waals surface area contributed by atoms with Gasteiger partial charge < -0.3 is 25.7 Å². The molecule has 1 fully saturated rings. The number of aromatic hydroxyl groups is 1. The van der Waals surface area contributed by atoms with Gasteiger partial charge in [-0.15, -0.1) is 0 Å². The van der Waals surface area contributed by atoms with E-state index >= 15 is 0 Å². The highest BCUT2D eigenvalue weighted by Crippen LogP contribution is 2.27. The van der Waals surface area contributed by atoms with Gasteiger partial charge in [-0.25, -0.2) is 9.59 Å². The number of benzene rings is 1. The van der Waals surface area contributed by atoms with Crippen molar-refractivity contribution in [2.45, 2.75) is 13.0 Å². The predicted molar refractivity (Wildman–Crippen MR) is 73.3 cm³/mol. The Labute approximate surface area is 120 Å². The van der Waals surface area contributed by atoms with Gasteiger partial charge in [0.25, 0.3) is 0 Å². The number of hydrogen-bond acceptors (Lipinski definition) is 4. The van der Waals surface area contributed by atoms with E-state index in [1.807, 2.05) is 0 Å². The summed E-state index contributed by atoms with van der Waals surface area (Å²) in [5.74, 6) is -2.08. The van der Waals surface area contributed by atoms with Gasteiger partial charge in [0.2, 0.25) is 5.91 Å². The Kier molecular flexibility index (Phi) is 3.97. The number of aromatic carboxylic acids is 1. The minimum Gasteiger partial charge on any atom is -0.505 e. The average Bonchev–Trinajstić information content (AvgIpc) is 2.43. The van der Waals surface area contributed by atoms with Crippen molar-refractivity contribution in [3.8, 4) is 5.75 Å². The van der Waals surface area contributed by atoms with Crippen molar-refractivity contribution in [1.82, 2.24) is 10.2 Å². The van der Waals surface area contributed by atoms with Gasteiger partial charge in [0, 0.05) is 13.1 Å². The molecule has 1 aromatic carbocycles. The van der Waals surface area contributed by atoms with Crippen LogP contribution in [0.2, 0.25) is 0 Å². The molecule has 2 rings (SSSR count). The second kappa shape index (κ2) is 5.70. The molecule has 1 unspecified atom stereocenters. The third-order valence-electron chi connectivity index (χ3n) is 3.27. The molecule has 0 spiro atoms. The SMILES string of the molecule is CC1C(=O)NCCN1C(=O)Nc1cccc(C(=O)O)c1O. The van der Waals surface area contributed by atoms with Crippen LogP contribution in [0.3, 0.4) is 0 Å². The number of piperazine rings is 1. The lowest BCUT2D eigenvalue weighted by molar-refractivity contribution is -0.126. The molecule has 0 aromatic heterocycles. The maximum atomic E-state index is 12.1. The zero-order valence-electron chi connectivity index (χ0n) is 11.3. The molecule has 1 aliphatic rings. The van der Waals surface area contributed by atoms with E-state index in [0.717, 1.165) is 0 Å². The van der Waals surface area contributed by atoms with Crippen LogP contribution in [0.25, 0.3) is 0 Å². The first-order chi connectivity index (χ1) is 9.91. The van der Waals surface area contributed by atoms with Crippen molar-refractivity contribution in [2.24, 2.45) is 0 Å². The van der Waals surface area contributed by atoms with Gasteiger partial charge in [-0.05, 0) is 19.1 Å². The first kappa shape index (κ1) is 14.6. The Morgan fingerprint density at radius 1 is 1.43 bits per heavy atom. The fourth-order valence-electron chi connectivity index (χ4n) is 2.06. The van der Waals surface area contributed by atoms with Gasteiger partial charge in [-0.2, -0.15) is 0 Å². The van der Waals surface area contributed by atoms with E-state index in [9.17, 15) is 19.5 Å². The Balaban J connectivity index is 2.18. The summed E-state index contributed by atoms with van der Waals surface area (Å²) >= 11 is 0. The third-order valence-corrected chi connectivity index (χ3v) is 3.27. The van der Waals surface area contributed by atoms with Gasteiger partial charge in [-0.3, -0.25) is 4.79 Å². The number of urea groups is 1. The second-order valence-electron chi connectivity index (χ2n) is 4.60. The number of carbonyl (C=O) groups excluding carboxylic acids is 2. The molecule has 0 bridgehead atoms. The molecule has 1 aromatic rings. The maximum Gasteiger partial charge on any atom is 0.339 e. The summed E-state index contributed by atoms with van der Waals surface area (Å²) in [7, 11) is 0. The first-order valence-corrected chi connectivity index (χ1v) is 6.32. The molecule has 0 saturated carbocycles. The molecular formula is C13H15N3O5. The quantitative estimate of drug-likeness (QED) is 0.590. The highest BCUT2D eigenvalue weighted by molar-refractivity contribution is 5.98. The van der Waals surface area contributed by atoms with Gasteiger partial charge >= 0.3 is 12.0 Å². The fraction of sp³-hybridized carbons (Fsp3) is 0.308. The van der Waals surface area contributed by atoms with E-state index in [1.54, 1.807) is 6.92 Å². The number of rotatable bonds is 2. The summed E-state index contributed by atoms with van der Waals surface area (Å²) in [5, 5.41) is 23.8. The van der Waals surface area contributed by atoms with Crippen LogP contribution in [0, 0.1) is 0 Å². The molecule has 21 heavy (non-hydrogen) atoms. The van der Waals surface area contributed by atoms with E-state index in [1.165, 1.54) is 23.1 Å². The number of nitrogens with one attached hydrogen (secondary N) is 2. The van der Waals surface area contributed by atoms with Crippen LogP contribution in [-0.2, 0) is 4.79 Å². The summed E-state index contributed by atoms with van der Waals surface area (Å²) in [6.07, 6.45) is 0. The van der Waals surface area contributed by atoms with E-state index in [0.29, 0.717) is 13.1 Å². The molecular weight excluding hydrogens is 278 g/mol. The highest BCUT2D eigenvalue weighted by atomic mass is 16.4. The summed E-state index contributed by atoms with van der Waals surface area (Å²) in [6, 6.07) is 2.81. The van der Waals surface area contributed by atoms with Crippen LogP contribution in [0.5, 0.6) is 5.75 Å². The minimum atomic E-state index is -1.30. The zero-order valence-corrected chi connectivity index (χ0v) is 11.3. The molecule has 8 nitrogen and oxygen atoms in total. The van der Waals surface area contributed by atoms with E-state index in [-0.39, 0.29) is 17.2 Å². The molecule has 112 valence electrons. The maximum absolute atomic E-state index is 12.1. The van der Waals surface area contributed by atoms with Crippen LogP contribution in [0.15, 0.2) is 18.2 Å². The molecule has 1 aliphatic heterocycles. The zero-order chi connectivity index (χ0) is 15.6. The largest absolute Gasteiger partial charge is 0.505 e. The van der Waals surface area contributed by atoms with Gasteiger partial charge in [0.05, 0.1) is 5.69 Å². The molecule has 0 radical (unpaired) electrons. The van der Waals surface area contributed by atoms with Crippen molar-refractivity contribution in [3.63, 3.8) is 0 Å². The van der Waals surface area contributed by atoms with Crippen molar-refractivity contribution >= 4 is 23.6 Å². The fourth-order valence-corrected chi connectivity index (χ4v) is 2.06. The van der Waals surface area contributed by atoms with Crippen LogP contribution in [-0.4, -0.2) is 52.2 Å². The number of carboxylic acid groups (broad SMARTS) is 1. The van der Waals surface area contributed by atoms with Crippen LogP contribution in [0.4, 0.5) is 10.5 Å². The number of carbonyl (C=O) groups is 3. The van der Waals surface area contributed by atoms with Crippen LogP contribution < -0.4 is 10.6 Å². The lowest BCUT2D eigenvalue weighted by atomic mass is 10.1. The van der Waals surface area contributed by atoms with Gasteiger partial charge in [-0.1, -0.05) is 6.07 Å². The first-order valence-electron chi connectivity index (χ1n) is 6.32. The number of para-hydroxylation sites is 1. The Hall–Kier alpha value is -2.77. The summed E-state index contributed by atoms with van der Waals surface area (Å²) in [6.45, 7) is 2.26. The molecule has 1 atom stereocenters. The normalized spacial score (nSPS) is 18.0. The predicted octanol–water partition coefficient (Wildman–Crippen LogP) is 0.443. The Bertz CT molecular complexity index is 601. The number of phenols is 1. The lowest BCUT2D eigenvalue weighted by Crippen LogP contribution is -2.56. The molecule has 3 amide bonds. The van der Waals surface area contributed by atoms with Crippen molar-refractivity contribution in [2.75, 3.05) is 18.4 Å². The molecule has 1 heterocycles.